The molecule has 0 radical (unpaired) electrons. The van der Waals surface area contributed by atoms with Crippen molar-refractivity contribution in [3.05, 3.63) is 106 Å². The second-order valence-corrected chi connectivity index (χ2v) is 11.4. The molecule has 0 saturated heterocycles. The highest BCUT2D eigenvalue weighted by Gasteiger charge is 2.30. The molecule has 1 atom stereocenters. The predicted molar refractivity (Wildman–Crippen MR) is 153 cm³/mol. The first-order valence-corrected chi connectivity index (χ1v) is 13.4. The van der Waals surface area contributed by atoms with Gasteiger partial charge in [0.25, 0.3) is 0 Å². The van der Waals surface area contributed by atoms with Crippen LogP contribution in [-0.4, -0.2) is 28.8 Å². The molecule has 0 heterocycles. The Morgan fingerprint density at radius 2 is 1.51 bits per heavy atom. The van der Waals surface area contributed by atoms with Gasteiger partial charge < -0.3 is 10.2 Å². The number of hydrogen-bond acceptors (Lipinski definition) is 2. The van der Waals surface area contributed by atoms with E-state index in [0.29, 0.717) is 30.8 Å². The fourth-order valence-electron chi connectivity index (χ4n) is 4.33. The summed E-state index contributed by atoms with van der Waals surface area (Å²) in [6.07, 6.45) is 1.36. The van der Waals surface area contributed by atoms with E-state index in [1.54, 1.807) is 4.90 Å². The van der Waals surface area contributed by atoms with Crippen molar-refractivity contribution in [3.8, 4) is 0 Å². The van der Waals surface area contributed by atoms with Crippen molar-refractivity contribution in [2.24, 2.45) is 0 Å². The number of halogens is 1. The van der Waals surface area contributed by atoms with E-state index in [-0.39, 0.29) is 23.3 Å². The number of carbonyl (C=O) groups is 2. The largest absolute Gasteiger partial charge is 0.352 e. The quantitative estimate of drug-likeness (QED) is 0.323. The number of nitrogens with zero attached hydrogens (tertiary/aromatic N) is 1. The van der Waals surface area contributed by atoms with Crippen LogP contribution in [-0.2, 0) is 34.4 Å². The van der Waals surface area contributed by atoms with E-state index < -0.39 is 6.04 Å². The average molecular weight is 519 g/mol. The minimum absolute atomic E-state index is 0.0322. The zero-order valence-electron chi connectivity index (χ0n) is 22.6. The SMILES string of the molecule is CC(C)NC(=O)[C@H](Cc1ccccc1)N(Cc1cccc(Cl)c1)C(=O)CCc1ccc(C(C)(C)C)cc1. The molecule has 1 N–H and O–H groups in total. The van der Waals surface area contributed by atoms with Crippen molar-refractivity contribution >= 4 is 23.4 Å². The van der Waals surface area contributed by atoms with Gasteiger partial charge in [0, 0.05) is 30.5 Å². The molecule has 0 aromatic heterocycles. The highest BCUT2D eigenvalue weighted by Crippen LogP contribution is 2.23. The lowest BCUT2D eigenvalue weighted by Gasteiger charge is -2.32. The summed E-state index contributed by atoms with van der Waals surface area (Å²) < 4.78 is 0. The van der Waals surface area contributed by atoms with Crippen LogP contribution < -0.4 is 5.32 Å². The summed E-state index contributed by atoms with van der Waals surface area (Å²) in [5.74, 6) is -0.205. The molecular formula is C32H39ClN2O2. The lowest BCUT2D eigenvalue weighted by molar-refractivity contribution is -0.141. The van der Waals surface area contributed by atoms with Crippen molar-refractivity contribution in [2.75, 3.05) is 0 Å². The number of hydrogen-bond donors (Lipinski definition) is 1. The summed E-state index contributed by atoms with van der Waals surface area (Å²) in [6, 6.07) is 25.1. The summed E-state index contributed by atoms with van der Waals surface area (Å²) in [5, 5.41) is 3.64. The van der Waals surface area contributed by atoms with Crippen LogP contribution in [0.4, 0.5) is 0 Å². The number of benzene rings is 3. The van der Waals surface area contributed by atoms with E-state index in [1.807, 2.05) is 68.4 Å². The third-order valence-corrected chi connectivity index (χ3v) is 6.63. The van der Waals surface area contributed by atoms with Gasteiger partial charge in [-0.3, -0.25) is 9.59 Å². The molecule has 0 aliphatic carbocycles. The lowest BCUT2D eigenvalue weighted by atomic mass is 9.86. The van der Waals surface area contributed by atoms with Crippen molar-refractivity contribution in [2.45, 2.75) is 77.9 Å². The molecule has 37 heavy (non-hydrogen) atoms. The Morgan fingerprint density at radius 3 is 2.11 bits per heavy atom. The molecule has 3 aromatic carbocycles. The van der Waals surface area contributed by atoms with Crippen LogP contribution in [0.25, 0.3) is 0 Å². The van der Waals surface area contributed by atoms with Crippen LogP contribution in [0.5, 0.6) is 0 Å². The molecule has 0 bridgehead atoms. The second-order valence-electron chi connectivity index (χ2n) is 11.0. The maximum Gasteiger partial charge on any atom is 0.243 e. The van der Waals surface area contributed by atoms with E-state index >= 15 is 0 Å². The van der Waals surface area contributed by atoms with Crippen molar-refractivity contribution in [3.63, 3.8) is 0 Å². The molecule has 5 heteroatoms. The molecule has 4 nitrogen and oxygen atoms in total. The number of carbonyl (C=O) groups excluding carboxylic acids is 2. The van der Waals surface area contributed by atoms with Gasteiger partial charge in [-0.2, -0.15) is 0 Å². The van der Waals surface area contributed by atoms with E-state index in [1.165, 1.54) is 5.56 Å². The van der Waals surface area contributed by atoms with Crippen LogP contribution in [0, 0.1) is 0 Å². The highest BCUT2D eigenvalue weighted by molar-refractivity contribution is 6.30. The molecule has 0 saturated carbocycles. The Labute approximate surface area is 227 Å². The van der Waals surface area contributed by atoms with Gasteiger partial charge in [0.1, 0.15) is 6.04 Å². The third kappa shape index (κ3) is 8.75. The topological polar surface area (TPSA) is 49.4 Å². The van der Waals surface area contributed by atoms with Crippen molar-refractivity contribution < 1.29 is 9.59 Å². The van der Waals surface area contributed by atoms with Crippen LogP contribution in [0.1, 0.15) is 63.3 Å². The maximum atomic E-state index is 13.8. The maximum absolute atomic E-state index is 13.8. The minimum Gasteiger partial charge on any atom is -0.352 e. The molecule has 2 amide bonds. The molecular weight excluding hydrogens is 480 g/mol. The van der Waals surface area contributed by atoms with Gasteiger partial charge in [-0.1, -0.05) is 99.1 Å². The minimum atomic E-state index is -0.639. The van der Waals surface area contributed by atoms with Gasteiger partial charge in [-0.05, 0) is 60.1 Å². The molecule has 3 aromatic rings. The van der Waals surface area contributed by atoms with Gasteiger partial charge in [-0.15, -0.1) is 0 Å². The normalized spacial score (nSPS) is 12.3. The molecule has 0 unspecified atom stereocenters. The summed E-state index contributed by atoms with van der Waals surface area (Å²) in [7, 11) is 0. The van der Waals surface area contributed by atoms with Gasteiger partial charge in [-0.25, -0.2) is 0 Å². The standard InChI is InChI=1S/C32H39ClN2O2/c1-23(2)34-31(37)29(21-25-10-7-6-8-11-25)35(22-26-12-9-13-28(33)20-26)30(36)19-16-24-14-17-27(18-15-24)32(3,4)5/h6-15,17-18,20,23,29H,16,19,21-22H2,1-5H3,(H,34,37)/t29-/m0/s1. The van der Waals surface area contributed by atoms with Crippen LogP contribution in [0.2, 0.25) is 5.02 Å². The Hall–Kier alpha value is -3.11. The zero-order valence-corrected chi connectivity index (χ0v) is 23.4. The fraction of sp³-hybridized carbons (Fsp3) is 0.375. The van der Waals surface area contributed by atoms with Gasteiger partial charge >= 0.3 is 0 Å². The highest BCUT2D eigenvalue weighted by atomic mass is 35.5. The fourth-order valence-corrected chi connectivity index (χ4v) is 4.55. The average Bonchev–Trinajstić information content (AvgIpc) is 2.84. The van der Waals surface area contributed by atoms with E-state index in [0.717, 1.165) is 16.7 Å². The van der Waals surface area contributed by atoms with Crippen LogP contribution in [0.3, 0.4) is 0 Å². The number of amides is 2. The lowest BCUT2D eigenvalue weighted by Crippen LogP contribution is -2.51. The third-order valence-electron chi connectivity index (χ3n) is 6.39. The Balaban J connectivity index is 1.88. The van der Waals surface area contributed by atoms with Crippen LogP contribution in [0.15, 0.2) is 78.9 Å². The zero-order chi connectivity index (χ0) is 27.0. The molecule has 196 valence electrons. The predicted octanol–water partition coefficient (Wildman–Crippen LogP) is 6.73. The molecule has 0 spiro atoms. The van der Waals surface area contributed by atoms with Gasteiger partial charge in [0.15, 0.2) is 0 Å². The molecule has 0 aliphatic rings. The summed E-state index contributed by atoms with van der Waals surface area (Å²) >= 11 is 6.25. The van der Waals surface area contributed by atoms with Crippen molar-refractivity contribution in [1.82, 2.24) is 10.2 Å². The smallest absolute Gasteiger partial charge is 0.243 e. The van der Waals surface area contributed by atoms with Crippen LogP contribution >= 0.6 is 11.6 Å². The van der Waals surface area contributed by atoms with Crippen molar-refractivity contribution in [1.29, 1.82) is 0 Å². The van der Waals surface area contributed by atoms with E-state index in [2.05, 4.69) is 50.4 Å². The molecule has 3 rings (SSSR count). The number of nitrogens with one attached hydrogen (secondary N) is 1. The summed E-state index contributed by atoms with van der Waals surface area (Å²) in [6.45, 7) is 10.7. The number of aryl methyl sites for hydroxylation is 1. The Morgan fingerprint density at radius 1 is 0.865 bits per heavy atom. The summed E-state index contributed by atoms with van der Waals surface area (Å²) in [4.78, 5) is 28.9. The van der Waals surface area contributed by atoms with Gasteiger partial charge in [0.05, 0.1) is 0 Å². The van der Waals surface area contributed by atoms with E-state index in [9.17, 15) is 9.59 Å². The van der Waals surface area contributed by atoms with E-state index in [4.69, 9.17) is 11.6 Å². The monoisotopic (exact) mass is 518 g/mol. The first kappa shape index (κ1) is 28.5. The first-order valence-electron chi connectivity index (χ1n) is 13.0. The molecule has 0 aliphatic heterocycles. The van der Waals surface area contributed by atoms with Gasteiger partial charge in [0.2, 0.25) is 11.8 Å². The Bertz CT molecular complexity index is 1170. The number of rotatable bonds is 10. The second kappa shape index (κ2) is 12.9. The first-order chi connectivity index (χ1) is 17.5. The summed E-state index contributed by atoms with van der Waals surface area (Å²) in [5.41, 5.74) is 4.35. The Kier molecular flexibility index (Phi) is 9.93. The molecule has 0 fully saturated rings.